The van der Waals surface area contributed by atoms with Crippen LogP contribution >= 0.6 is 15.9 Å². The number of hydrogen-bond acceptors (Lipinski definition) is 2. The highest BCUT2D eigenvalue weighted by Crippen LogP contribution is 2.32. The van der Waals surface area contributed by atoms with E-state index in [1.54, 1.807) is 7.11 Å². The average molecular weight is 283 g/mol. The van der Waals surface area contributed by atoms with Crippen molar-refractivity contribution in [2.45, 2.75) is 31.0 Å². The first kappa shape index (κ1) is 11.6. The van der Waals surface area contributed by atoms with Crippen LogP contribution in [0, 0.1) is 6.92 Å². The molecule has 1 atom stereocenters. The first-order valence-electron chi connectivity index (χ1n) is 5.50. The second-order valence-electron chi connectivity index (χ2n) is 4.16. The van der Waals surface area contributed by atoms with E-state index in [9.17, 15) is 4.79 Å². The Morgan fingerprint density at radius 1 is 1.44 bits per heavy atom. The van der Waals surface area contributed by atoms with E-state index in [0.717, 1.165) is 41.7 Å². The highest BCUT2D eigenvalue weighted by atomic mass is 79.9. The summed E-state index contributed by atoms with van der Waals surface area (Å²) in [7, 11) is 1.66. The molecule has 0 N–H and O–H groups in total. The third-order valence-corrected chi connectivity index (χ3v) is 3.99. The third kappa shape index (κ3) is 1.88. The number of carbonyl (C=O) groups excluding carboxylic acids is 1. The highest BCUT2D eigenvalue weighted by molar-refractivity contribution is 9.10. The summed E-state index contributed by atoms with van der Waals surface area (Å²) in [6.07, 6.45) is 2.85. The Hall–Kier alpha value is -0.830. The summed E-state index contributed by atoms with van der Waals surface area (Å²) in [4.78, 5) is 12.2. The van der Waals surface area contributed by atoms with Crippen LogP contribution in [0.3, 0.4) is 0 Å². The van der Waals surface area contributed by atoms with E-state index < -0.39 is 0 Å². The number of fused-ring (bicyclic) bond motifs is 1. The van der Waals surface area contributed by atoms with Gasteiger partial charge in [0.25, 0.3) is 0 Å². The van der Waals surface area contributed by atoms with Crippen molar-refractivity contribution in [1.29, 1.82) is 0 Å². The van der Waals surface area contributed by atoms with Crippen molar-refractivity contribution in [3.8, 4) is 5.75 Å². The zero-order valence-electron chi connectivity index (χ0n) is 9.55. The fourth-order valence-electron chi connectivity index (χ4n) is 2.27. The zero-order valence-corrected chi connectivity index (χ0v) is 11.1. The van der Waals surface area contributed by atoms with E-state index in [2.05, 4.69) is 15.9 Å². The first-order chi connectivity index (χ1) is 7.65. The fraction of sp³-hybridized carbons (Fsp3) is 0.462. The topological polar surface area (TPSA) is 26.3 Å². The minimum absolute atomic E-state index is 0.0421. The van der Waals surface area contributed by atoms with E-state index in [-0.39, 0.29) is 10.6 Å². The SMILES string of the molecule is COc1ccc(C)c2c1CCCC(Br)C2=O. The molecule has 0 radical (unpaired) electrons. The van der Waals surface area contributed by atoms with E-state index >= 15 is 0 Å². The van der Waals surface area contributed by atoms with Gasteiger partial charge in [0.1, 0.15) is 5.75 Å². The number of carbonyl (C=O) groups is 1. The number of hydrogen-bond donors (Lipinski definition) is 0. The minimum atomic E-state index is -0.0421. The molecule has 3 heteroatoms. The van der Waals surface area contributed by atoms with E-state index in [1.807, 2.05) is 19.1 Å². The number of Topliss-reactive ketones (excluding diaryl/α,β-unsaturated/α-hetero) is 1. The van der Waals surface area contributed by atoms with Gasteiger partial charge in [0.05, 0.1) is 11.9 Å². The molecule has 2 rings (SSSR count). The van der Waals surface area contributed by atoms with E-state index in [0.29, 0.717) is 0 Å². The number of alkyl halides is 1. The molecule has 1 aliphatic carbocycles. The largest absolute Gasteiger partial charge is 0.496 e. The summed E-state index contributed by atoms with van der Waals surface area (Å²) >= 11 is 3.46. The lowest BCUT2D eigenvalue weighted by Gasteiger charge is -2.13. The molecule has 16 heavy (non-hydrogen) atoms. The number of halogens is 1. The molecule has 0 heterocycles. The van der Waals surface area contributed by atoms with Crippen molar-refractivity contribution in [2.24, 2.45) is 0 Å². The molecule has 0 saturated heterocycles. The Balaban J connectivity index is 2.61. The second kappa shape index (κ2) is 4.58. The maximum Gasteiger partial charge on any atom is 0.177 e. The van der Waals surface area contributed by atoms with Crippen LogP contribution in [-0.4, -0.2) is 17.7 Å². The molecule has 0 spiro atoms. The Morgan fingerprint density at radius 2 is 2.19 bits per heavy atom. The summed E-state index contributed by atoms with van der Waals surface area (Å²) in [5.41, 5.74) is 2.99. The van der Waals surface area contributed by atoms with Crippen LogP contribution < -0.4 is 4.74 Å². The van der Waals surface area contributed by atoms with Crippen molar-refractivity contribution in [3.05, 3.63) is 28.8 Å². The zero-order chi connectivity index (χ0) is 11.7. The van der Waals surface area contributed by atoms with Crippen molar-refractivity contribution in [3.63, 3.8) is 0 Å². The Kier molecular flexibility index (Phi) is 3.33. The molecule has 0 bridgehead atoms. The highest BCUT2D eigenvalue weighted by Gasteiger charge is 2.26. The summed E-state index contributed by atoms with van der Waals surface area (Å²) < 4.78 is 5.34. The number of ketones is 1. The number of aryl methyl sites for hydroxylation is 1. The Labute approximate surface area is 104 Å². The molecule has 86 valence electrons. The van der Waals surface area contributed by atoms with Crippen LogP contribution in [0.2, 0.25) is 0 Å². The first-order valence-corrected chi connectivity index (χ1v) is 6.41. The molecule has 0 amide bonds. The molecule has 1 aromatic rings. The van der Waals surface area contributed by atoms with Crippen molar-refractivity contribution >= 4 is 21.7 Å². The summed E-state index contributed by atoms with van der Waals surface area (Å²) in [6, 6.07) is 3.91. The maximum absolute atomic E-state index is 12.2. The number of benzene rings is 1. The second-order valence-corrected chi connectivity index (χ2v) is 5.27. The Morgan fingerprint density at radius 3 is 2.88 bits per heavy atom. The van der Waals surface area contributed by atoms with Crippen molar-refractivity contribution in [1.82, 2.24) is 0 Å². The summed E-state index contributed by atoms with van der Waals surface area (Å²) in [5, 5.41) is 0. The molecular formula is C13H15BrO2. The molecule has 1 aliphatic rings. The van der Waals surface area contributed by atoms with Gasteiger partial charge in [0.15, 0.2) is 5.78 Å². The van der Waals surface area contributed by atoms with Gasteiger partial charge in [0, 0.05) is 11.1 Å². The van der Waals surface area contributed by atoms with Crippen LogP contribution in [0.4, 0.5) is 0 Å². The van der Waals surface area contributed by atoms with Crippen LogP contribution in [0.5, 0.6) is 5.75 Å². The van der Waals surface area contributed by atoms with E-state index in [1.165, 1.54) is 0 Å². The molecular weight excluding hydrogens is 268 g/mol. The number of ether oxygens (including phenoxy) is 1. The van der Waals surface area contributed by atoms with Gasteiger partial charge in [0.2, 0.25) is 0 Å². The van der Waals surface area contributed by atoms with Crippen LogP contribution in [0.15, 0.2) is 12.1 Å². The van der Waals surface area contributed by atoms with Crippen molar-refractivity contribution in [2.75, 3.05) is 7.11 Å². The lowest BCUT2D eigenvalue weighted by molar-refractivity contribution is 0.0989. The van der Waals surface area contributed by atoms with Crippen molar-refractivity contribution < 1.29 is 9.53 Å². The number of rotatable bonds is 1. The van der Waals surface area contributed by atoms with Gasteiger partial charge in [-0.1, -0.05) is 22.0 Å². The predicted molar refractivity (Wildman–Crippen MR) is 67.7 cm³/mol. The third-order valence-electron chi connectivity index (χ3n) is 3.11. The quantitative estimate of drug-likeness (QED) is 0.584. The maximum atomic E-state index is 12.2. The van der Waals surface area contributed by atoms with Gasteiger partial charge in [-0.05, 0) is 37.8 Å². The van der Waals surface area contributed by atoms with Crippen LogP contribution in [0.25, 0.3) is 0 Å². The van der Waals surface area contributed by atoms with Gasteiger partial charge in [-0.2, -0.15) is 0 Å². The predicted octanol–water partition coefficient (Wildman–Crippen LogP) is 3.29. The number of methoxy groups -OCH3 is 1. The lowest BCUT2D eigenvalue weighted by atomic mass is 9.96. The van der Waals surface area contributed by atoms with Crippen LogP contribution in [-0.2, 0) is 6.42 Å². The average Bonchev–Trinajstić information content (AvgIpc) is 2.41. The standard InChI is InChI=1S/C13H15BrO2/c1-8-6-7-11(16-2)9-4-3-5-10(14)13(15)12(8)9/h6-7,10H,3-5H2,1-2H3. The van der Waals surface area contributed by atoms with Gasteiger partial charge in [-0.15, -0.1) is 0 Å². The monoisotopic (exact) mass is 282 g/mol. The normalized spacial score (nSPS) is 20.2. The minimum Gasteiger partial charge on any atom is -0.496 e. The molecule has 0 fully saturated rings. The summed E-state index contributed by atoms with van der Waals surface area (Å²) in [6.45, 7) is 1.99. The van der Waals surface area contributed by atoms with Gasteiger partial charge in [-0.25, -0.2) is 0 Å². The molecule has 0 aliphatic heterocycles. The van der Waals surface area contributed by atoms with Gasteiger partial charge in [-0.3, -0.25) is 4.79 Å². The van der Waals surface area contributed by atoms with Gasteiger partial charge >= 0.3 is 0 Å². The Bertz CT molecular complexity index is 426. The summed E-state index contributed by atoms with van der Waals surface area (Å²) in [5.74, 6) is 1.04. The molecule has 0 aromatic heterocycles. The fourth-order valence-corrected chi connectivity index (χ4v) is 2.83. The van der Waals surface area contributed by atoms with E-state index in [4.69, 9.17) is 4.74 Å². The van der Waals surface area contributed by atoms with Crippen LogP contribution in [0.1, 0.15) is 34.3 Å². The molecule has 1 aromatic carbocycles. The van der Waals surface area contributed by atoms with Gasteiger partial charge < -0.3 is 4.74 Å². The molecule has 0 saturated carbocycles. The smallest absolute Gasteiger partial charge is 0.177 e. The molecule has 2 nitrogen and oxygen atoms in total. The lowest BCUT2D eigenvalue weighted by Crippen LogP contribution is -2.14. The molecule has 1 unspecified atom stereocenters.